The molecular weight excluding hydrogens is 566 g/mol. The molecule has 202 valence electrons. The average molecular weight is 601 g/mol. The van der Waals surface area contributed by atoms with Crippen LogP contribution in [0.5, 0.6) is 0 Å². The second kappa shape index (κ2) is 13.1. The van der Waals surface area contributed by atoms with Crippen molar-refractivity contribution in [1.29, 1.82) is 0 Å². The van der Waals surface area contributed by atoms with Crippen molar-refractivity contribution in [2.24, 2.45) is 5.92 Å². The number of benzene rings is 3. The van der Waals surface area contributed by atoms with Crippen LogP contribution < -0.4 is 9.62 Å². The van der Waals surface area contributed by atoms with E-state index in [4.69, 9.17) is 0 Å². The molecule has 1 N–H and O–H groups in total. The maximum Gasteiger partial charge on any atom is 0.264 e. The van der Waals surface area contributed by atoms with Crippen LogP contribution in [0.25, 0.3) is 0 Å². The molecule has 0 aromatic heterocycles. The largest absolute Gasteiger partial charge is 0.354 e. The van der Waals surface area contributed by atoms with Crippen LogP contribution in [0.1, 0.15) is 31.9 Å². The number of hydrogen-bond acceptors (Lipinski definition) is 4. The first-order valence-electron chi connectivity index (χ1n) is 12.4. The summed E-state index contributed by atoms with van der Waals surface area (Å²) in [5.41, 5.74) is 2.14. The molecule has 0 saturated heterocycles. The third-order valence-electron chi connectivity index (χ3n) is 6.03. The van der Waals surface area contributed by atoms with Gasteiger partial charge in [0.05, 0.1) is 10.6 Å². The molecule has 3 rings (SSSR count). The van der Waals surface area contributed by atoms with Gasteiger partial charge in [-0.05, 0) is 61.7 Å². The number of carbonyl (C=O) groups excluding carboxylic acids is 2. The van der Waals surface area contributed by atoms with Gasteiger partial charge in [-0.15, -0.1) is 0 Å². The fourth-order valence-electron chi connectivity index (χ4n) is 3.83. The summed E-state index contributed by atoms with van der Waals surface area (Å²) in [6, 6.07) is 21.6. The second-order valence-electron chi connectivity index (χ2n) is 9.63. The highest BCUT2D eigenvalue weighted by Gasteiger charge is 2.32. The minimum atomic E-state index is -4.06. The first-order valence-corrected chi connectivity index (χ1v) is 14.7. The lowest BCUT2D eigenvalue weighted by atomic mass is 10.1. The van der Waals surface area contributed by atoms with Crippen LogP contribution in [-0.2, 0) is 26.2 Å². The maximum atomic E-state index is 13.9. The second-order valence-corrected chi connectivity index (χ2v) is 12.4. The molecule has 0 aliphatic heterocycles. The summed E-state index contributed by atoms with van der Waals surface area (Å²) in [4.78, 5) is 28.4. The van der Waals surface area contributed by atoms with Crippen LogP contribution in [0, 0.1) is 12.8 Å². The third kappa shape index (κ3) is 7.68. The number of amides is 2. The Balaban J connectivity index is 1.99. The van der Waals surface area contributed by atoms with Crippen LogP contribution in [0.3, 0.4) is 0 Å². The molecule has 38 heavy (non-hydrogen) atoms. The van der Waals surface area contributed by atoms with Crippen molar-refractivity contribution in [3.8, 4) is 0 Å². The molecule has 0 aliphatic carbocycles. The van der Waals surface area contributed by atoms with Crippen LogP contribution in [0.4, 0.5) is 5.69 Å². The Morgan fingerprint density at radius 3 is 2.18 bits per heavy atom. The number of halogens is 1. The number of carbonyl (C=O) groups is 2. The minimum Gasteiger partial charge on any atom is -0.354 e. The summed E-state index contributed by atoms with van der Waals surface area (Å²) in [7, 11) is -4.06. The summed E-state index contributed by atoms with van der Waals surface area (Å²) in [6.07, 6.45) is 0. The van der Waals surface area contributed by atoms with E-state index in [0.29, 0.717) is 12.2 Å². The number of rotatable bonds is 11. The smallest absolute Gasteiger partial charge is 0.264 e. The normalized spacial score (nSPS) is 12.2. The van der Waals surface area contributed by atoms with E-state index in [9.17, 15) is 18.0 Å². The molecule has 3 aromatic carbocycles. The Morgan fingerprint density at radius 1 is 0.921 bits per heavy atom. The molecule has 0 saturated carbocycles. The standard InChI is InChI=1S/C29H34BrN3O4S/c1-21(2)18-31-29(35)23(4)32(19-24-9-8-10-25(30)17-24)28(34)20-33(26-15-13-22(3)14-16-26)38(36,37)27-11-6-5-7-12-27/h5-17,21,23H,18-20H2,1-4H3,(H,31,35). The predicted octanol–water partition coefficient (Wildman–Crippen LogP) is 5.14. The topological polar surface area (TPSA) is 86.8 Å². The van der Waals surface area contributed by atoms with Crippen molar-refractivity contribution in [1.82, 2.24) is 10.2 Å². The molecule has 0 fully saturated rings. The first-order chi connectivity index (χ1) is 18.0. The first kappa shape index (κ1) is 29.4. The van der Waals surface area contributed by atoms with Crippen molar-refractivity contribution in [2.45, 2.75) is 45.2 Å². The van der Waals surface area contributed by atoms with Crippen LogP contribution in [0.2, 0.25) is 0 Å². The van der Waals surface area contributed by atoms with E-state index >= 15 is 0 Å². The van der Waals surface area contributed by atoms with E-state index in [0.717, 1.165) is 19.9 Å². The van der Waals surface area contributed by atoms with E-state index in [1.54, 1.807) is 49.4 Å². The average Bonchev–Trinajstić information content (AvgIpc) is 2.89. The molecule has 7 nitrogen and oxygen atoms in total. The molecule has 0 heterocycles. The van der Waals surface area contributed by atoms with Gasteiger partial charge < -0.3 is 10.2 Å². The monoisotopic (exact) mass is 599 g/mol. The van der Waals surface area contributed by atoms with Crippen LogP contribution in [-0.4, -0.2) is 44.3 Å². The highest BCUT2D eigenvalue weighted by atomic mass is 79.9. The molecule has 1 unspecified atom stereocenters. The molecule has 0 aliphatic rings. The Kier molecular flexibility index (Phi) is 10.1. The lowest BCUT2D eigenvalue weighted by Gasteiger charge is -2.32. The Bertz CT molecular complexity index is 1350. The molecule has 1 atom stereocenters. The number of nitrogens with zero attached hydrogens (tertiary/aromatic N) is 2. The zero-order valence-electron chi connectivity index (χ0n) is 22.1. The summed E-state index contributed by atoms with van der Waals surface area (Å²) in [6.45, 7) is 7.69. The van der Waals surface area contributed by atoms with Gasteiger partial charge in [0.2, 0.25) is 11.8 Å². The zero-order chi connectivity index (χ0) is 27.9. The van der Waals surface area contributed by atoms with E-state index in [1.165, 1.54) is 17.0 Å². The van der Waals surface area contributed by atoms with Gasteiger partial charge in [-0.25, -0.2) is 8.42 Å². The van der Waals surface area contributed by atoms with Crippen molar-refractivity contribution >= 4 is 43.5 Å². The molecular formula is C29H34BrN3O4S. The number of anilines is 1. The fraction of sp³-hybridized carbons (Fsp3) is 0.310. The molecule has 0 bridgehead atoms. The summed E-state index contributed by atoms with van der Waals surface area (Å²) in [5.74, 6) is -0.541. The van der Waals surface area contributed by atoms with Crippen LogP contribution in [0.15, 0.2) is 88.2 Å². The number of hydrogen-bond donors (Lipinski definition) is 1. The Hall–Kier alpha value is -3.17. The van der Waals surface area contributed by atoms with Gasteiger partial charge in [-0.3, -0.25) is 13.9 Å². The van der Waals surface area contributed by atoms with Gasteiger partial charge in [-0.1, -0.05) is 77.8 Å². The van der Waals surface area contributed by atoms with Gasteiger partial charge in [0.1, 0.15) is 12.6 Å². The quantitative estimate of drug-likeness (QED) is 0.330. The third-order valence-corrected chi connectivity index (χ3v) is 8.31. The predicted molar refractivity (Wildman–Crippen MR) is 154 cm³/mol. The van der Waals surface area contributed by atoms with Gasteiger partial charge in [0.25, 0.3) is 10.0 Å². The number of aryl methyl sites for hydroxylation is 1. The van der Waals surface area contributed by atoms with E-state index in [2.05, 4.69) is 21.2 Å². The van der Waals surface area contributed by atoms with Crippen molar-refractivity contribution in [3.63, 3.8) is 0 Å². The molecule has 3 aromatic rings. The maximum absolute atomic E-state index is 13.9. The van der Waals surface area contributed by atoms with Crippen molar-refractivity contribution in [2.75, 3.05) is 17.4 Å². The van der Waals surface area contributed by atoms with E-state index in [-0.39, 0.29) is 23.3 Å². The van der Waals surface area contributed by atoms with E-state index in [1.807, 2.05) is 45.0 Å². The van der Waals surface area contributed by atoms with Gasteiger partial charge >= 0.3 is 0 Å². The summed E-state index contributed by atoms with van der Waals surface area (Å²) < 4.78 is 29.4. The Morgan fingerprint density at radius 2 is 1.58 bits per heavy atom. The van der Waals surface area contributed by atoms with Gasteiger partial charge in [-0.2, -0.15) is 0 Å². The lowest BCUT2D eigenvalue weighted by molar-refractivity contribution is -0.139. The minimum absolute atomic E-state index is 0.0784. The number of sulfonamides is 1. The lowest BCUT2D eigenvalue weighted by Crippen LogP contribution is -2.51. The van der Waals surface area contributed by atoms with Crippen LogP contribution >= 0.6 is 15.9 Å². The van der Waals surface area contributed by atoms with Crippen molar-refractivity contribution < 1.29 is 18.0 Å². The van der Waals surface area contributed by atoms with Crippen molar-refractivity contribution in [3.05, 3.63) is 94.5 Å². The highest BCUT2D eigenvalue weighted by molar-refractivity contribution is 9.10. The van der Waals surface area contributed by atoms with E-state index < -0.39 is 28.5 Å². The highest BCUT2D eigenvalue weighted by Crippen LogP contribution is 2.25. The Labute approximate surface area is 234 Å². The fourth-order valence-corrected chi connectivity index (χ4v) is 5.71. The summed E-state index contributed by atoms with van der Waals surface area (Å²) >= 11 is 3.45. The molecule has 0 radical (unpaired) electrons. The van der Waals surface area contributed by atoms with Gasteiger partial charge in [0, 0.05) is 17.6 Å². The molecule has 9 heteroatoms. The zero-order valence-corrected chi connectivity index (χ0v) is 24.5. The van der Waals surface area contributed by atoms with Gasteiger partial charge in [0.15, 0.2) is 0 Å². The number of nitrogens with one attached hydrogen (secondary N) is 1. The SMILES string of the molecule is Cc1ccc(N(CC(=O)N(Cc2cccc(Br)c2)C(C)C(=O)NCC(C)C)S(=O)(=O)c2ccccc2)cc1. The molecule has 0 spiro atoms. The molecule has 2 amide bonds. The summed E-state index contributed by atoms with van der Waals surface area (Å²) in [5, 5.41) is 2.89.